The van der Waals surface area contributed by atoms with Crippen LogP contribution in [0.25, 0.3) is 0 Å². The van der Waals surface area contributed by atoms with E-state index in [1.807, 2.05) is 6.92 Å². The van der Waals surface area contributed by atoms with Crippen molar-refractivity contribution in [1.29, 1.82) is 0 Å². The highest BCUT2D eigenvalue weighted by Crippen LogP contribution is 2.20. The number of unbranched alkanes of at least 4 members (excludes halogenated alkanes) is 1. The second kappa shape index (κ2) is 8.63. The summed E-state index contributed by atoms with van der Waals surface area (Å²) in [5.41, 5.74) is 0.538. The van der Waals surface area contributed by atoms with Crippen molar-refractivity contribution in [2.24, 2.45) is 0 Å². The Labute approximate surface area is 125 Å². The van der Waals surface area contributed by atoms with Crippen LogP contribution in [-0.2, 0) is 14.8 Å². The van der Waals surface area contributed by atoms with E-state index in [-0.39, 0.29) is 11.3 Å². The monoisotopic (exact) mass is 314 g/mol. The number of benzene rings is 1. The number of carboxylic acid groups (broad SMARTS) is 1. The summed E-state index contributed by atoms with van der Waals surface area (Å²) in [6, 6.07) is 6.70. The molecule has 3 N–H and O–H groups in total. The first-order chi connectivity index (χ1) is 9.97. The Balaban J connectivity index is 2.65. The standard InChI is InChI=1S/C14H22N2O4S/c1-2-10-16-21(19,20)13-8-4-3-7-12(13)15-11-6-5-9-14(17)18/h3-4,7-8,15-16H,2,5-6,9-11H2,1H3,(H,17,18). The van der Waals surface area contributed by atoms with E-state index in [0.29, 0.717) is 31.6 Å². The number of rotatable bonds is 10. The van der Waals surface area contributed by atoms with Gasteiger partial charge in [0.05, 0.1) is 5.69 Å². The average molecular weight is 314 g/mol. The summed E-state index contributed by atoms with van der Waals surface area (Å²) in [5.74, 6) is -0.818. The van der Waals surface area contributed by atoms with Gasteiger partial charge < -0.3 is 10.4 Å². The van der Waals surface area contributed by atoms with Crippen molar-refractivity contribution in [3.8, 4) is 0 Å². The summed E-state index contributed by atoms with van der Waals surface area (Å²) >= 11 is 0. The van der Waals surface area contributed by atoms with E-state index in [0.717, 1.165) is 6.42 Å². The largest absolute Gasteiger partial charge is 0.481 e. The van der Waals surface area contributed by atoms with Crippen LogP contribution in [-0.4, -0.2) is 32.6 Å². The minimum atomic E-state index is -3.52. The van der Waals surface area contributed by atoms with Crippen molar-refractivity contribution in [3.63, 3.8) is 0 Å². The fourth-order valence-corrected chi connectivity index (χ4v) is 3.10. The molecule has 0 aromatic heterocycles. The lowest BCUT2D eigenvalue weighted by atomic mass is 10.2. The van der Waals surface area contributed by atoms with E-state index in [2.05, 4.69) is 10.0 Å². The van der Waals surface area contributed by atoms with Crippen LogP contribution in [0.2, 0.25) is 0 Å². The van der Waals surface area contributed by atoms with Crippen molar-refractivity contribution < 1.29 is 18.3 Å². The molecule has 7 heteroatoms. The van der Waals surface area contributed by atoms with Crippen LogP contribution in [0, 0.1) is 0 Å². The molecule has 0 aliphatic heterocycles. The van der Waals surface area contributed by atoms with Crippen molar-refractivity contribution in [2.75, 3.05) is 18.4 Å². The van der Waals surface area contributed by atoms with Gasteiger partial charge in [0.2, 0.25) is 10.0 Å². The third-order valence-corrected chi connectivity index (χ3v) is 4.37. The molecular weight excluding hydrogens is 292 g/mol. The van der Waals surface area contributed by atoms with Gasteiger partial charge in [0, 0.05) is 19.5 Å². The molecule has 1 aromatic rings. The van der Waals surface area contributed by atoms with Crippen LogP contribution in [0.15, 0.2) is 29.2 Å². The highest BCUT2D eigenvalue weighted by molar-refractivity contribution is 7.89. The average Bonchev–Trinajstić information content (AvgIpc) is 2.45. The summed E-state index contributed by atoms with van der Waals surface area (Å²) < 4.78 is 26.9. The molecule has 0 amide bonds. The number of sulfonamides is 1. The number of carboxylic acids is 1. The highest BCUT2D eigenvalue weighted by atomic mass is 32.2. The van der Waals surface area contributed by atoms with Gasteiger partial charge in [-0.15, -0.1) is 0 Å². The third kappa shape index (κ3) is 6.14. The molecule has 118 valence electrons. The Morgan fingerprint density at radius 2 is 1.90 bits per heavy atom. The summed E-state index contributed by atoms with van der Waals surface area (Å²) in [6.45, 7) is 2.83. The van der Waals surface area contributed by atoms with Gasteiger partial charge in [-0.2, -0.15) is 0 Å². The van der Waals surface area contributed by atoms with Crippen LogP contribution >= 0.6 is 0 Å². The van der Waals surface area contributed by atoms with Gasteiger partial charge in [-0.3, -0.25) is 4.79 Å². The number of para-hydroxylation sites is 1. The molecule has 0 saturated carbocycles. The first kappa shape index (κ1) is 17.5. The van der Waals surface area contributed by atoms with Crippen molar-refractivity contribution in [3.05, 3.63) is 24.3 Å². The molecule has 0 unspecified atom stereocenters. The predicted molar refractivity (Wildman–Crippen MR) is 81.9 cm³/mol. The van der Waals surface area contributed by atoms with Gasteiger partial charge in [0.15, 0.2) is 0 Å². The Morgan fingerprint density at radius 1 is 1.19 bits per heavy atom. The van der Waals surface area contributed by atoms with Crippen LogP contribution in [0.4, 0.5) is 5.69 Å². The summed E-state index contributed by atoms with van der Waals surface area (Å²) in [5, 5.41) is 11.6. The normalized spacial score (nSPS) is 11.3. The highest BCUT2D eigenvalue weighted by Gasteiger charge is 2.16. The molecule has 0 saturated heterocycles. The van der Waals surface area contributed by atoms with Gasteiger partial charge in [-0.1, -0.05) is 19.1 Å². The lowest BCUT2D eigenvalue weighted by molar-refractivity contribution is -0.137. The maximum absolute atomic E-state index is 12.2. The number of hydrogen-bond donors (Lipinski definition) is 3. The second-order valence-corrected chi connectivity index (χ2v) is 6.41. The van der Waals surface area contributed by atoms with E-state index in [1.54, 1.807) is 24.3 Å². The molecule has 0 aliphatic rings. The third-order valence-electron chi connectivity index (χ3n) is 2.85. The SMILES string of the molecule is CCCNS(=O)(=O)c1ccccc1NCCCCC(=O)O. The topological polar surface area (TPSA) is 95.5 Å². The number of hydrogen-bond acceptors (Lipinski definition) is 4. The Morgan fingerprint density at radius 3 is 2.57 bits per heavy atom. The molecule has 0 fully saturated rings. The smallest absolute Gasteiger partial charge is 0.303 e. The maximum atomic E-state index is 12.2. The molecule has 0 bridgehead atoms. The van der Waals surface area contributed by atoms with E-state index < -0.39 is 16.0 Å². The Bertz CT molecular complexity index is 558. The zero-order valence-corrected chi connectivity index (χ0v) is 12.9. The molecular formula is C14H22N2O4S. The lowest BCUT2D eigenvalue weighted by Crippen LogP contribution is -2.25. The number of aliphatic carboxylic acids is 1. The first-order valence-corrected chi connectivity index (χ1v) is 8.50. The molecule has 0 atom stereocenters. The second-order valence-electron chi connectivity index (χ2n) is 4.67. The molecule has 0 spiro atoms. The zero-order valence-electron chi connectivity index (χ0n) is 12.1. The van der Waals surface area contributed by atoms with Crippen LogP contribution in [0.5, 0.6) is 0 Å². The molecule has 6 nitrogen and oxygen atoms in total. The number of anilines is 1. The predicted octanol–water partition coefficient (Wildman–Crippen LogP) is 2.04. The summed E-state index contributed by atoms with van der Waals surface area (Å²) in [6.07, 6.45) is 2.08. The lowest BCUT2D eigenvalue weighted by Gasteiger charge is -2.12. The first-order valence-electron chi connectivity index (χ1n) is 7.01. The minimum absolute atomic E-state index is 0.125. The molecule has 0 heterocycles. The van der Waals surface area contributed by atoms with Gasteiger partial charge >= 0.3 is 5.97 Å². The van der Waals surface area contributed by atoms with Crippen molar-refractivity contribution >= 4 is 21.7 Å². The number of carbonyl (C=O) groups is 1. The molecule has 0 radical (unpaired) electrons. The van der Waals surface area contributed by atoms with E-state index in [1.165, 1.54) is 0 Å². The van der Waals surface area contributed by atoms with Gasteiger partial charge in [0.25, 0.3) is 0 Å². The van der Waals surface area contributed by atoms with E-state index in [9.17, 15) is 13.2 Å². The quantitative estimate of drug-likeness (QED) is 0.574. The summed E-state index contributed by atoms with van der Waals surface area (Å²) in [4.78, 5) is 10.6. The van der Waals surface area contributed by atoms with Crippen LogP contribution < -0.4 is 10.0 Å². The maximum Gasteiger partial charge on any atom is 0.303 e. The Hall–Kier alpha value is -1.60. The fourth-order valence-electron chi connectivity index (χ4n) is 1.79. The fraction of sp³-hybridized carbons (Fsp3) is 0.500. The molecule has 0 aliphatic carbocycles. The van der Waals surface area contributed by atoms with E-state index in [4.69, 9.17) is 5.11 Å². The number of nitrogens with one attached hydrogen (secondary N) is 2. The Kier molecular flexibility index (Phi) is 7.18. The van der Waals surface area contributed by atoms with Gasteiger partial charge in [-0.25, -0.2) is 13.1 Å². The molecule has 21 heavy (non-hydrogen) atoms. The van der Waals surface area contributed by atoms with Crippen LogP contribution in [0.1, 0.15) is 32.6 Å². The zero-order chi connectivity index (χ0) is 15.7. The van der Waals surface area contributed by atoms with Gasteiger partial charge in [0.1, 0.15) is 4.90 Å². The van der Waals surface area contributed by atoms with E-state index >= 15 is 0 Å². The molecule has 1 aromatic carbocycles. The molecule has 1 rings (SSSR count). The van der Waals surface area contributed by atoms with Gasteiger partial charge in [-0.05, 0) is 31.4 Å². The van der Waals surface area contributed by atoms with Crippen molar-refractivity contribution in [2.45, 2.75) is 37.5 Å². The summed E-state index contributed by atoms with van der Waals surface area (Å²) in [7, 11) is -3.52. The minimum Gasteiger partial charge on any atom is -0.481 e. The van der Waals surface area contributed by atoms with Crippen LogP contribution in [0.3, 0.4) is 0 Å². The van der Waals surface area contributed by atoms with Crippen molar-refractivity contribution in [1.82, 2.24) is 4.72 Å².